The van der Waals surface area contributed by atoms with Crippen molar-refractivity contribution >= 4 is 21.8 Å². The summed E-state index contributed by atoms with van der Waals surface area (Å²) in [6.45, 7) is 2.14. The summed E-state index contributed by atoms with van der Waals surface area (Å²) in [6.07, 6.45) is 0. The second-order valence-corrected chi connectivity index (χ2v) is 3.60. The maximum absolute atomic E-state index is 11.0. The molecule has 0 aromatic heterocycles. The van der Waals surface area contributed by atoms with E-state index in [0.29, 0.717) is 6.54 Å². The lowest BCUT2D eigenvalue weighted by molar-refractivity contribution is -0.115. The molecular weight excluding hydrogens is 242 g/mol. The topological polar surface area (TPSA) is 29.1 Å². The van der Waals surface area contributed by atoms with Crippen molar-refractivity contribution in [1.82, 2.24) is 5.32 Å². The van der Waals surface area contributed by atoms with Gasteiger partial charge in [-0.1, -0.05) is 34.0 Å². The number of rotatable bonds is 2. The lowest BCUT2D eigenvalue weighted by atomic mass is 10.2. The molecule has 0 bridgehead atoms. The van der Waals surface area contributed by atoms with Crippen molar-refractivity contribution in [2.45, 2.75) is 13.5 Å². The molecule has 0 aliphatic rings. The van der Waals surface area contributed by atoms with Crippen LogP contribution in [-0.2, 0) is 11.3 Å². The zero-order valence-electron chi connectivity index (χ0n) is 7.80. The second-order valence-electron chi connectivity index (χ2n) is 2.69. The normalized spacial score (nSPS) is 8.71. The Morgan fingerprint density at radius 2 is 2.36 bits per heavy atom. The van der Waals surface area contributed by atoms with Gasteiger partial charge in [0, 0.05) is 11.0 Å². The Kier molecular flexibility index (Phi) is 4.21. The van der Waals surface area contributed by atoms with Gasteiger partial charge in [0.2, 0.25) is 0 Å². The first-order chi connectivity index (χ1) is 6.72. The molecule has 2 nitrogen and oxygen atoms in total. The van der Waals surface area contributed by atoms with Crippen LogP contribution in [0.4, 0.5) is 0 Å². The predicted molar refractivity (Wildman–Crippen MR) is 59.4 cm³/mol. The van der Waals surface area contributed by atoms with Gasteiger partial charge in [0.15, 0.2) is 0 Å². The maximum atomic E-state index is 11.0. The van der Waals surface area contributed by atoms with Crippen LogP contribution in [0, 0.1) is 11.8 Å². The molecule has 1 aromatic carbocycles. The van der Waals surface area contributed by atoms with Crippen LogP contribution in [-0.4, -0.2) is 5.91 Å². The minimum Gasteiger partial charge on any atom is -0.341 e. The van der Waals surface area contributed by atoms with Crippen LogP contribution in [0.5, 0.6) is 0 Å². The van der Waals surface area contributed by atoms with Gasteiger partial charge in [0.25, 0.3) is 5.91 Å². The van der Waals surface area contributed by atoms with Gasteiger partial charge < -0.3 is 5.32 Å². The molecule has 1 aromatic rings. The summed E-state index contributed by atoms with van der Waals surface area (Å²) in [5.74, 6) is 4.72. The summed E-state index contributed by atoms with van der Waals surface area (Å²) in [5, 5.41) is 2.69. The number of nitrogens with one attached hydrogen (secondary N) is 1. The van der Waals surface area contributed by atoms with E-state index in [1.54, 1.807) is 6.92 Å². The Bertz CT molecular complexity index is 390. The third-order valence-electron chi connectivity index (χ3n) is 1.58. The van der Waals surface area contributed by atoms with Crippen molar-refractivity contribution < 1.29 is 4.79 Å². The molecule has 0 aliphatic heterocycles. The number of carbonyl (C=O) groups is 1. The van der Waals surface area contributed by atoms with Crippen molar-refractivity contribution in [1.29, 1.82) is 0 Å². The largest absolute Gasteiger partial charge is 0.341 e. The highest BCUT2D eigenvalue weighted by Crippen LogP contribution is 2.10. The molecule has 0 heterocycles. The summed E-state index contributed by atoms with van der Waals surface area (Å²) in [6, 6.07) is 7.78. The highest BCUT2D eigenvalue weighted by Gasteiger charge is 1.96. The van der Waals surface area contributed by atoms with Gasteiger partial charge in [-0.05, 0) is 30.5 Å². The maximum Gasteiger partial charge on any atom is 0.296 e. The first-order valence-electron chi connectivity index (χ1n) is 4.17. The molecule has 3 heteroatoms. The molecule has 0 aliphatic carbocycles. The third-order valence-corrected chi connectivity index (χ3v) is 2.07. The van der Waals surface area contributed by atoms with Crippen LogP contribution in [0.25, 0.3) is 0 Å². The second kappa shape index (κ2) is 5.46. The van der Waals surface area contributed by atoms with E-state index >= 15 is 0 Å². The van der Waals surface area contributed by atoms with Crippen LogP contribution in [0.2, 0.25) is 0 Å². The predicted octanol–water partition coefficient (Wildman–Crippen LogP) is 2.09. The van der Waals surface area contributed by atoms with Crippen molar-refractivity contribution in [3.63, 3.8) is 0 Å². The number of carbonyl (C=O) groups excluding carboxylic acids is 1. The Labute approximate surface area is 91.8 Å². The molecule has 0 unspecified atom stereocenters. The van der Waals surface area contributed by atoms with Crippen LogP contribution < -0.4 is 5.32 Å². The molecule has 0 saturated carbocycles. The Hall–Kier alpha value is -1.27. The van der Waals surface area contributed by atoms with Gasteiger partial charge in [0.05, 0.1) is 0 Å². The number of amides is 1. The number of hydrogen-bond acceptors (Lipinski definition) is 1. The van der Waals surface area contributed by atoms with Crippen LogP contribution in [0.1, 0.15) is 12.5 Å². The van der Waals surface area contributed by atoms with Gasteiger partial charge in [0.1, 0.15) is 0 Å². The summed E-state index contributed by atoms with van der Waals surface area (Å²) >= 11 is 3.36. The Morgan fingerprint density at radius 3 is 3.00 bits per heavy atom. The minimum atomic E-state index is -0.243. The van der Waals surface area contributed by atoms with E-state index in [-0.39, 0.29) is 5.91 Å². The van der Waals surface area contributed by atoms with Gasteiger partial charge in [-0.25, -0.2) is 0 Å². The van der Waals surface area contributed by atoms with E-state index in [1.165, 1.54) is 0 Å². The fraction of sp³-hybridized carbons (Fsp3) is 0.182. The summed E-state index contributed by atoms with van der Waals surface area (Å²) < 4.78 is 1.01. The first-order valence-corrected chi connectivity index (χ1v) is 4.96. The monoisotopic (exact) mass is 251 g/mol. The van der Waals surface area contributed by atoms with Crippen molar-refractivity contribution in [2.24, 2.45) is 0 Å². The van der Waals surface area contributed by atoms with E-state index in [4.69, 9.17) is 0 Å². The van der Waals surface area contributed by atoms with Crippen molar-refractivity contribution in [3.05, 3.63) is 34.3 Å². The molecule has 1 amide bonds. The van der Waals surface area contributed by atoms with Crippen LogP contribution in [0.15, 0.2) is 28.7 Å². The summed E-state index contributed by atoms with van der Waals surface area (Å²) in [4.78, 5) is 11.0. The van der Waals surface area contributed by atoms with E-state index < -0.39 is 0 Å². The molecule has 72 valence electrons. The zero-order chi connectivity index (χ0) is 10.4. The lowest BCUT2D eigenvalue weighted by Crippen LogP contribution is -2.20. The molecule has 0 fully saturated rings. The summed E-state index contributed by atoms with van der Waals surface area (Å²) in [7, 11) is 0. The Balaban J connectivity index is 2.52. The van der Waals surface area contributed by atoms with Gasteiger partial charge >= 0.3 is 0 Å². The number of halogens is 1. The first kappa shape index (κ1) is 10.8. The molecule has 0 radical (unpaired) electrons. The quantitative estimate of drug-likeness (QED) is 0.802. The molecule has 14 heavy (non-hydrogen) atoms. The van der Waals surface area contributed by atoms with Crippen LogP contribution in [0.3, 0.4) is 0 Å². The van der Waals surface area contributed by atoms with Gasteiger partial charge in [-0.2, -0.15) is 0 Å². The molecule has 0 atom stereocenters. The highest BCUT2D eigenvalue weighted by molar-refractivity contribution is 9.10. The van der Waals surface area contributed by atoms with Gasteiger partial charge in [-0.15, -0.1) is 0 Å². The average Bonchev–Trinajstić information content (AvgIpc) is 2.15. The molecule has 1 N–H and O–H groups in total. The minimum absolute atomic E-state index is 0.243. The van der Waals surface area contributed by atoms with E-state index in [9.17, 15) is 4.79 Å². The van der Waals surface area contributed by atoms with E-state index in [1.807, 2.05) is 24.3 Å². The lowest BCUT2D eigenvalue weighted by Gasteiger charge is -2.01. The SMILES string of the molecule is CC#CC(=O)NCc1cccc(Br)c1. The molecule has 0 saturated heterocycles. The fourth-order valence-electron chi connectivity index (χ4n) is 0.987. The fourth-order valence-corrected chi connectivity index (χ4v) is 1.43. The molecule has 0 spiro atoms. The van der Waals surface area contributed by atoms with Gasteiger partial charge in [-0.3, -0.25) is 4.79 Å². The van der Waals surface area contributed by atoms with Crippen molar-refractivity contribution in [2.75, 3.05) is 0 Å². The number of benzene rings is 1. The molecule has 1 rings (SSSR count). The van der Waals surface area contributed by atoms with E-state index in [2.05, 4.69) is 33.1 Å². The van der Waals surface area contributed by atoms with Crippen LogP contribution >= 0.6 is 15.9 Å². The number of hydrogen-bond donors (Lipinski definition) is 1. The van der Waals surface area contributed by atoms with Crippen molar-refractivity contribution in [3.8, 4) is 11.8 Å². The summed E-state index contributed by atoms with van der Waals surface area (Å²) in [5.41, 5.74) is 1.05. The smallest absolute Gasteiger partial charge is 0.296 e. The standard InChI is InChI=1S/C11H10BrNO/c1-2-4-11(14)13-8-9-5-3-6-10(12)7-9/h3,5-7H,8H2,1H3,(H,13,14). The molecular formula is C11H10BrNO. The Morgan fingerprint density at radius 1 is 1.57 bits per heavy atom. The third kappa shape index (κ3) is 3.63. The van der Waals surface area contributed by atoms with E-state index in [0.717, 1.165) is 10.0 Å². The highest BCUT2D eigenvalue weighted by atomic mass is 79.9. The zero-order valence-corrected chi connectivity index (χ0v) is 9.39. The average molecular weight is 252 g/mol.